The van der Waals surface area contributed by atoms with Gasteiger partial charge in [-0.05, 0) is 36.6 Å². The van der Waals surface area contributed by atoms with E-state index in [0.29, 0.717) is 16.2 Å². The minimum Gasteiger partial charge on any atom is -0.360 e. The van der Waals surface area contributed by atoms with E-state index in [9.17, 15) is 9.59 Å². The van der Waals surface area contributed by atoms with Gasteiger partial charge in [-0.15, -0.1) is 0 Å². The van der Waals surface area contributed by atoms with Crippen LogP contribution in [0.25, 0.3) is 10.9 Å². The summed E-state index contributed by atoms with van der Waals surface area (Å²) in [4.78, 5) is 35.8. The topological polar surface area (TPSA) is 66.1 Å². The summed E-state index contributed by atoms with van der Waals surface area (Å²) in [5.74, 6) is 0.0543. The molecule has 1 aliphatic heterocycles. The van der Waals surface area contributed by atoms with E-state index in [0.717, 1.165) is 42.4 Å². The first-order valence-corrected chi connectivity index (χ1v) is 11.7. The molecule has 5 rings (SSSR count). The lowest BCUT2D eigenvalue weighted by Gasteiger charge is -2.17. The molecule has 0 spiro atoms. The number of hydrogen-bond acceptors (Lipinski definition) is 4. The van der Waals surface area contributed by atoms with Crippen molar-refractivity contribution < 1.29 is 9.59 Å². The number of rotatable bonds is 6. The summed E-state index contributed by atoms with van der Waals surface area (Å²) in [6.45, 7) is 1.62. The molecule has 2 aromatic carbocycles. The summed E-state index contributed by atoms with van der Waals surface area (Å²) in [6.07, 6.45) is 5.53. The van der Waals surface area contributed by atoms with Crippen LogP contribution in [0.4, 0.5) is 0 Å². The fourth-order valence-corrected chi connectivity index (χ4v) is 5.15. The highest BCUT2D eigenvalue weighted by Gasteiger charge is 2.26. The van der Waals surface area contributed by atoms with Crippen LogP contribution in [0.1, 0.15) is 44.4 Å². The number of carbonyl (C=O) groups excluding carboxylic acids is 2. The molecule has 6 heteroatoms. The minimum absolute atomic E-state index is 0.0256. The van der Waals surface area contributed by atoms with Crippen LogP contribution in [0.5, 0.6) is 0 Å². The van der Waals surface area contributed by atoms with Crippen LogP contribution in [-0.2, 0) is 0 Å². The number of nitrogens with zero attached hydrogens (tertiary/aromatic N) is 2. The summed E-state index contributed by atoms with van der Waals surface area (Å²) in [5.41, 5.74) is 3.13. The second-order valence-corrected chi connectivity index (χ2v) is 9.03. The third-order valence-electron chi connectivity index (χ3n) is 5.81. The fraction of sp³-hybridized carbons (Fsp3) is 0.192. The van der Waals surface area contributed by atoms with Crippen molar-refractivity contribution in [2.45, 2.75) is 23.1 Å². The minimum atomic E-state index is -0.442. The second-order valence-electron chi connectivity index (χ2n) is 7.91. The van der Waals surface area contributed by atoms with E-state index in [1.54, 1.807) is 12.4 Å². The smallest absolute Gasteiger partial charge is 0.255 e. The maximum Gasteiger partial charge on any atom is 0.255 e. The molecule has 3 heterocycles. The molecule has 32 heavy (non-hydrogen) atoms. The summed E-state index contributed by atoms with van der Waals surface area (Å²) in [5, 5.41) is 1.19. The van der Waals surface area contributed by atoms with Crippen molar-refractivity contribution in [1.29, 1.82) is 0 Å². The summed E-state index contributed by atoms with van der Waals surface area (Å²) in [6, 6.07) is 21.2. The number of fused-ring (bicyclic) bond motifs is 1. The van der Waals surface area contributed by atoms with Gasteiger partial charge in [-0.25, -0.2) is 4.98 Å². The Morgan fingerprint density at radius 3 is 2.44 bits per heavy atom. The highest BCUT2D eigenvalue weighted by Crippen LogP contribution is 2.38. The van der Waals surface area contributed by atoms with Gasteiger partial charge in [-0.2, -0.15) is 0 Å². The molecule has 1 atom stereocenters. The lowest BCUT2D eigenvalue weighted by molar-refractivity contribution is 0.0792. The number of aromatic amines is 1. The lowest BCUT2D eigenvalue weighted by atomic mass is 10.0. The van der Waals surface area contributed by atoms with Gasteiger partial charge in [-0.1, -0.05) is 60.3 Å². The summed E-state index contributed by atoms with van der Waals surface area (Å²) in [7, 11) is 0. The number of thioether (sulfide) groups is 1. The molecule has 1 aliphatic rings. The van der Waals surface area contributed by atoms with Crippen LogP contribution in [0.3, 0.4) is 0 Å². The van der Waals surface area contributed by atoms with Gasteiger partial charge in [0.05, 0.1) is 15.8 Å². The van der Waals surface area contributed by atoms with Crippen molar-refractivity contribution in [3.05, 3.63) is 95.8 Å². The molecule has 0 saturated carbocycles. The van der Waals surface area contributed by atoms with E-state index in [2.05, 4.69) is 9.97 Å². The van der Waals surface area contributed by atoms with Crippen molar-refractivity contribution >= 4 is 34.4 Å². The van der Waals surface area contributed by atoms with Gasteiger partial charge in [0.2, 0.25) is 0 Å². The van der Waals surface area contributed by atoms with E-state index in [1.807, 2.05) is 71.6 Å². The monoisotopic (exact) mass is 441 g/mol. The fourth-order valence-electron chi connectivity index (χ4n) is 4.12. The molecule has 160 valence electrons. The number of likely N-dealkylation sites (tertiary alicyclic amines) is 1. The number of pyridine rings is 1. The number of carbonyl (C=O) groups is 2. The average Bonchev–Trinajstić information content (AvgIpc) is 3.53. The molecule has 1 unspecified atom stereocenters. The van der Waals surface area contributed by atoms with E-state index < -0.39 is 5.25 Å². The number of aromatic nitrogens is 2. The van der Waals surface area contributed by atoms with Gasteiger partial charge in [0.15, 0.2) is 5.78 Å². The van der Waals surface area contributed by atoms with Crippen molar-refractivity contribution in [2.75, 3.05) is 13.1 Å². The number of hydrogen-bond donors (Lipinski definition) is 1. The molecule has 1 N–H and O–H groups in total. The van der Waals surface area contributed by atoms with E-state index in [-0.39, 0.29) is 11.7 Å². The Morgan fingerprint density at radius 1 is 0.938 bits per heavy atom. The highest BCUT2D eigenvalue weighted by atomic mass is 32.2. The molecule has 0 aliphatic carbocycles. The van der Waals surface area contributed by atoms with Crippen LogP contribution < -0.4 is 0 Å². The molecule has 0 radical (unpaired) electrons. The van der Waals surface area contributed by atoms with Gasteiger partial charge in [-0.3, -0.25) is 9.59 Å². The van der Waals surface area contributed by atoms with E-state index >= 15 is 0 Å². The number of Topliss-reactive ketones (excluding diaryl/α,β-unsaturated/α-hetero) is 1. The maximum absolute atomic E-state index is 13.6. The van der Waals surface area contributed by atoms with Crippen molar-refractivity contribution in [3.63, 3.8) is 0 Å². The molecule has 1 saturated heterocycles. The number of para-hydroxylation sites is 1. The summed E-state index contributed by atoms with van der Waals surface area (Å²) < 4.78 is 0. The van der Waals surface area contributed by atoms with Crippen molar-refractivity contribution in [2.24, 2.45) is 0 Å². The third kappa shape index (κ3) is 4.06. The third-order valence-corrected chi connectivity index (χ3v) is 7.02. The maximum atomic E-state index is 13.6. The molecular formula is C26H23N3O2S. The summed E-state index contributed by atoms with van der Waals surface area (Å²) >= 11 is 1.41. The van der Waals surface area contributed by atoms with Crippen LogP contribution >= 0.6 is 11.8 Å². The largest absolute Gasteiger partial charge is 0.360 e. The predicted octanol–water partition coefficient (Wildman–Crippen LogP) is 5.52. The first kappa shape index (κ1) is 20.5. The molecule has 1 fully saturated rings. The van der Waals surface area contributed by atoms with Crippen molar-refractivity contribution in [3.8, 4) is 0 Å². The Hall–Kier alpha value is -3.38. The van der Waals surface area contributed by atoms with Gasteiger partial charge in [0, 0.05) is 41.9 Å². The molecule has 2 aromatic heterocycles. The average molecular weight is 442 g/mol. The number of benzene rings is 2. The van der Waals surface area contributed by atoms with Crippen LogP contribution in [-0.4, -0.2) is 39.6 Å². The van der Waals surface area contributed by atoms with Crippen LogP contribution in [0.15, 0.2) is 84.1 Å². The molecule has 0 bridgehead atoms. The van der Waals surface area contributed by atoms with Crippen LogP contribution in [0.2, 0.25) is 0 Å². The Morgan fingerprint density at radius 2 is 1.69 bits per heavy atom. The first-order valence-electron chi connectivity index (χ1n) is 10.8. The van der Waals surface area contributed by atoms with Gasteiger partial charge >= 0.3 is 0 Å². The van der Waals surface area contributed by atoms with Gasteiger partial charge in [0.1, 0.15) is 0 Å². The lowest BCUT2D eigenvalue weighted by Crippen LogP contribution is -2.27. The quantitative estimate of drug-likeness (QED) is 0.316. The molecular weight excluding hydrogens is 418 g/mol. The number of nitrogens with one attached hydrogen (secondary N) is 1. The zero-order chi connectivity index (χ0) is 21.9. The molecule has 4 aromatic rings. The second kappa shape index (κ2) is 9.01. The van der Waals surface area contributed by atoms with E-state index in [4.69, 9.17) is 0 Å². The highest BCUT2D eigenvalue weighted by molar-refractivity contribution is 8.00. The zero-order valence-electron chi connectivity index (χ0n) is 17.5. The molecule has 5 nitrogen and oxygen atoms in total. The van der Waals surface area contributed by atoms with Crippen molar-refractivity contribution in [1.82, 2.24) is 14.9 Å². The Balaban J connectivity index is 1.43. The molecule has 1 amide bonds. The van der Waals surface area contributed by atoms with Gasteiger partial charge in [0.25, 0.3) is 5.91 Å². The van der Waals surface area contributed by atoms with E-state index in [1.165, 1.54) is 11.8 Å². The van der Waals surface area contributed by atoms with Gasteiger partial charge < -0.3 is 9.88 Å². The Kier molecular flexibility index (Phi) is 5.77. The standard InChI is InChI=1S/C26H23N3O2S/c30-24(21-17-27-22-11-5-4-10-20(21)22)25(18-8-2-1-3-9-18)32-23-13-12-19(16-28-23)26(31)29-14-6-7-15-29/h1-5,8-13,16-17,25,27H,6-7,14-15H2. The number of amides is 1. The number of H-pyrrole nitrogens is 1. The Bertz CT molecular complexity index is 1250. The SMILES string of the molecule is O=C(c1c[nH]c2ccccc12)C(Sc1ccc(C(=O)N2CCCC2)cn1)c1ccccc1. The first-order chi connectivity index (χ1) is 15.7. The number of ketones is 1. The normalized spacial score (nSPS) is 14.6. The zero-order valence-corrected chi connectivity index (χ0v) is 18.3. The Labute approximate surface area is 190 Å². The predicted molar refractivity (Wildman–Crippen MR) is 127 cm³/mol. The van der Waals surface area contributed by atoms with Crippen LogP contribution in [0, 0.1) is 0 Å².